The molecule has 230 valence electrons. The molecule has 3 aromatic carbocycles. The van der Waals surface area contributed by atoms with Crippen molar-refractivity contribution in [3.63, 3.8) is 0 Å². The number of amides is 1. The van der Waals surface area contributed by atoms with E-state index >= 15 is 0 Å². The van der Waals surface area contributed by atoms with Crippen LogP contribution in [0.5, 0.6) is 5.75 Å². The molecule has 6 rings (SSSR count). The van der Waals surface area contributed by atoms with E-state index in [2.05, 4.69) is 64.7 Å². The molecule has 2 atom stereocenters. The van der Waals surface area contributed by atoms with Crippen molar-refractivity contribution in [1.82, 2.24) is 9.80 Å². The van der Waals surface area contributed by atoms with Crippen LogP contribution in [0.3, 0.4) is 0 Å². The second-order valence-corrected chi connectivity index (χ2v) is 12.2. The molecule has 0 aromatic heterocycles. The first kappa shape index (κ1) is 29.9. The first-order valence-corrected chi connectivity index (χ1v) is 15.5. The normalized spacial score (nSPS) is 21.9. The van der Waals surface area contributed by atoms with Crippen molar-refractivity contribution < 1.29 is 23.9 Å². The third-order valence-corrected chi connectivity index (χ3v) is 9.39. The summed E-state index contributed by atoms with van der Waals surface area (Å²) in [5.74, 6) is -0.446. The zero-order chi connectivity index (χ0) is 30.5. The summed E-state index contributed by atoms with van der Waals surface area (Å²) >= 11 is 0. The molecular weight excluding hydrogens is 557 g/mol. The zero-order valence-electron chi connectivity index (χ0n) is 25.3. The predicted molar refractivity (Wildman–Crippen MR) is 167 cm³/mol. The predicted octanol–water partition coefficient (Wildman–Crippen LogP) is 6.48. The summed E-state index contributed by atoms with van der Waals surface area (Å²) in [4.78, 5) is 17.9. The van der Waals surface area contributed by atoms with E-state index in [1.54, 1.807) is 4.90 Å². The van der Waals surface area contributed by atoms with Crippen LogP contribution in [-0.4, -0.2) is 52.0 Å². The van der Waals surface area contributed by atoms with E-state index in [4.69, 9.17) is 9.47 Å². The van der Waals surface area contributed by atoms with Crippen molar-refractivity contribution in [3.8, 4) is 5.75 Å². The van der Waals surface area contributed by atoms with Gasteiger partial charge in [0.25, 0.3) is 5.91 Å². The van der Waals surface area contributed by atoms with Crippen LogP contribution in [0.1, 0.15) is 54.9 Å². The van der Waals surface area contributed by atoms with Gasteiger partial charge in [0.05, 0.1) is 18.7 Å². The second kappa shape index (κ2) is 13.2. The maximum absolute atomic E-state index is 14.6. The highest BCUT2D eigenvalue weighted by Crippen LogP contribution is 2.46. The van der Waals surface area contributed by atoms with Crippen LogP contribution in [0, 0.1) is 11.7 Å². The van der Waals surface area contributed by atoms with Gasteiger partial charge in [-0.3, -0.25) is 4.79 Å². The Balaban J connectivity index is 1.22. The van der Waals surface area contributed by atoms with Gasteiger partial charge in [0.2, 0.25) is 0 Å². The Morgan fingerprint density at radius 3 is 2.32 bits per heavy atom. The topological polar surface area (TPSA) is 74.6 Å². The third kappa shape index (κ3) is 6.22. The average molecular weight is 598 g/mol. The van der Waals surface area contributed by atoms with Gasteiger partial charge in [0.1, 0.15) is 11.6 Å². The second-order valence-electron chi connectivity index (χ2n) is 12.2. The van der Waals surface area contributed by atoms with Crippen molar-refractivity contribution in [2.24, 2.45) is 11.1 Å². The standard InChI is InChI=1S/C36H40FN3O4/c1-36-17-16-31(39(18-8-14-26-10-4-2-5-11-26)19-9-15-27-12-6-3-7-13-27)22-32(36)33(38-42)35(41)40(36)23-28-20-30(37)21-29-24-43-25-44-34(28)29/h2-7,10-13,16,20-21,32,42H,8-9,14-15,17-19,22-25H2,1H3/b38-33-. The number of hydrogen-bond donors (Lipinski definition) is 1. The minimum Gasteiger partial charge on any atom is -0.467 e. The Bertz CT molecular complexity index is 1480. The summed E-state index contributed by atoms with van der Waals surface area (Å²) < 4.78 is 25.6. The number of allylic oxidation sites excluding steroid dienone is 1. The Labute approximate surface area is 258 Å². The van der Waals surface area contributed by atoms with Crippen molar-refractivity contribution in [2.75, 3.05) is 19.9 Å². The highest BCUT2D eigenvalue weighted by Gasteiger charge is 2.55. The summed E-state index contributed by atoms with van der Waals surface area (Å²) in [6, 6.07) is 23.9. The van der Waals surface area contributed by atoms with E-state index in [1.807, 2.05) is 19.1 Å². The van der Waals surface area contributed by atoms with E-state index < -0.39 is 11.4 Å². The van der Waals surface area contributed by atoms with Gasteiger partial charge in [-0.15, -0.1) is 0 Å². The maximum Gasteiger partial charge on any atom is 0.272 e. The molecule has 44 heavy (non-hydrogen) atoms. The van der Waals surface area contributed by atoms with E-state index in [0.717, 1.165) is 38.8 Å². The fourth-order valence-corrected chi connectivity index (χ4v) is 6.99. The average Bonchev–Trinajstić information content (AvgIpc) is 3.25. The molecule has 3 aliphatic rings. The molecule has 1 N–H and O–H groups in total. The fraction of sp³-hybridized carbons (Fsp3) is 0.389. The lowest BCUT2D eigenvalue weighted by Crippen LogP contribution is -2.48. The molecule has 7 nitrogen and oxygen atoms in total. The van der Waals surface area contributed by atoms with Gasteiger partial charge in [-0.1, -0.05) is 71.9 Å². The molecule has 1 amide bonds. The number of halogens is 1. The van der Waals surface area contributed by atoms with Crippen molar-refractivity contribution in [3.05, 3.63) is 113 Å². The number of carbonyl (C=O) groups excluding carboxylic acids is 1. The summed E-state index contributed by atoms with van der Waals surface area (Å²) in [6.07, 6.45) is 7.46. The molecule has 0 bridgehead atoms. The van der Waals surface area contributed by atoms with Crippen LogP contribution in [0.15, 0.2) is 89.7 Å². The molecule has 8 heteroatoms. The Kier molecular flexibility index (Phi) is 8.98. The molecule has 1 fully saturated rings. The lowest BCUT2D eigenvalue weighted by Gasteiger charge is -2.43. The van der Waals surface area contributed by atoms with E-state index in [9.17, 15) is 14.4 Å². The smallest absolute Gasteiger partial charge is 0.272 e. The Morgan fingerprint density at radius 1 is 1.02 bits per heavy atom. The maximum atomic E-state index is 14.6. The monoisotopic (exact) mass is 597 g/mol. The number of rotatable bonds is 11. The number of carbonyl (C=O) groups is 1. The summed E-state index contributed by atoms with van der Waals surface area (Å²) in [5, 5.41) is 13.6. The van der Waals surface area contributed by atoms with Gasteiger partial charge in [-0.2, -0.15) is 0 Å². The SMILES string of the molecule is CC12CC=C(N(CCCc3ccccc3)CCCc3ccccc3)CC1/C(=N/O)C(=O)N2Cc1cc(F)cc2c1OCOC2. The van der Waals surface area contributed by atoms with Crippen LogP contribution in [0.2, 0.25) is 0 Å². The fourth-order valence-electron chi connectivity index (χ4n) is 6.99. The molecule has 2 unspecified atom stereocenters. The lowest BCUT2D eigenvalue weighted by atomic mass is 9.75. The number of benzene rings is 3. The summed E-state index contributed by atoms with van der Waals surface area (Å²) in [6.45, 7) is 4.35. The van der Waals surface area contributed by atoms with Crippen molar-refractivity contribution in [2.45, 2.75) is 64.1 Å². The molecule has 0 radical (unpaired) electrons. The van der Waals surface area contributed by atoms with Crippen LogP contribution in [0.4, 0.5) is 4.39 Å². The van der Waals surface area contributed by atoms with Crippen molar-refractivity contribution in [1.29, 1.82) is 0 Å². The van der Waals surface area contributed by atoms with Gasteiger partial charge in [-0.25, -0.2) is 4.39 Å². The minimum absolute atomic E-state index is 0.0826. The highest BCUT2D eigenvalue weighted by atomic mass is 19.1. The van der Waals surface area contributed by atoms with Gasteiger partial charge in [0.15, 0.2) is 12.5 Å². The molecule has 0 spiro atoms. The molecule has 2 heterocycles. The van der Waals surface area contributed by atoms with Crippen LogP contribution < -0.4 is 4.74 Å². The number of ether oxygens (including phenoxy) is 2. The number of aryl methyl sites for hydroxylation is 2. The van der Waals surface area contributed by atoms with Crippen LogP contribution in [-0.2, 0) is 35.5 Å². The van der Waals surface area contributed by atoms with Crippen LogP contribution >= 0.6 is 0 Å². The quantitative estimate of drug-likeness (QED) is 0.202. The van der Waals surface area contributed by atoms with Gasteiger partial charge < -0.3 is 24.5 Å². The number of oxime groups is 1. The summed E-state index contributed by atoms with van der Waals surface area (Å²) in [5.41, 5.74) is 4.60. The Hall–Kier alpha value is -4.17. The largest absolute Gasteiger partial charge is 0.467 e. The molecule has 0 saturated carbocycles. The number of fused-ring (bicyclic) bond motifs is 2. The lowest BCUT2D eigenvalue weighted by molar-refractivity contribution is -0.128. The van der Waals surface area contributed by atoms with Gasteiger partial charge in [0, 0.05) is 35.8 Å². The number of hydrogen-bond acceptors (Lipinski definition) is 6. The van der Waals surface area contributed by atoms with Gasteiger partial charge in [-0.05, 0) is 68.7 Å². The minimum atomic E-state index is -0.619. The highest BCUT2D eigenvalue weighted by molar-refractivity contribution is 6.42. The summed E-state index contributed by atoms with van der Waals surface area (Å²) in [7, 11) is 0. The first-order valence-electron chi connectivity index (χ1n) is 15.5. The number of nitrogens with zero attached hydrogens (tertiary/aromatic N) is 3. The van der Waals surface area contributed by atoms with E-state index in [-0.39, 0.29) is 37.5 Å². The molecular formula is C36H40FN3O4. The molecule has 3 aromatic rings. The van der Waals surface area contributed by atoms with E-state index in [1.165, 1.54) is 29.0 Å². The van der Waals surface area contributed by atoms with E-state index in [0.29, 0.717) is 29.7 Å². The first-order chi connectivity index (χ1) is 21.5. The third-order valence-electron chi connectivity index (χ3n) is 9.39. The van der Waals surface area contributed by atoms with Gasteiger partial charge >= 0.3 is 0 Å². The Morgan fingerprint density at radius 2 is 1.68 bits per heavy atom. The van der Waals surface area contributed by atoms with Crippen LogP contribution in [0.25, 0.3) is 0 Å². The zero-order valence-corrected chi connectivity index (χ0v) is 25.3. The number of likely N-dealkylation sites (tertiary alicyclic amines) is 1. The molecule has 1 saturated heterocycles. The molecule has 1 aliphatic carbocycles. The van der Waals surface area contributed by atoms with Crippen molar-refractivity contribution >= 4 is 11.6 Å². The molecule has 2 aliphatic heterocycles.